The summed E-state index contributed by atoms with van der Waals surface area (Å²) < 4.78 is 7.00. The lowest BCUT2D eigenvalue weighted by molar-refractivity contribution is 0.0987. The lowest BCUT2D eigenvalue weighted by Gasteiger charge is -2.05. The summed E-state index contributed by atoms with van der Waals surface area (Å²) in [5.74, 6) is 0.337. The Morgan fingerprint density at radius 1 is 1.24 bits per heavy atom. The van der Waals surface area contributed by atoms with Crippen molar-refractivity contribution in [3.05, 3.63) is 60.5 Å². The van der Waals surface area contributed by atoms with E-state index in [1.165, 1.54) is 6.26 Å². The molecule has 25 heavy (non-hydrogen) atoms. The normalized spacial score (nSPS) is 11.1. The molecule has 0 spiro atoms. The van der Waals surface area contributed by atoms with E-state index in [-0.39, 0.29) is 12.2 Å². The number of oxazole rings is 1. The van der Waals surface area contributed by atoms with Crippen molar-refractivity contribution in [2.24, 2.45) is 7.05 Å². The number of hydrogen-bond donors (Lipinski definition) is 0. The number of pyridine rings is 2. The molecule has 0 unspecified atom stereocenters. The van der Waals surface area contributed by atoms with Crippen LogP contribution in [0, 0.1) is 6.92 Å². The summed E-state index contributed by atoms with van der Waals surface area (Å²) in [7, 11) is 1.92. The van der Waals surface area contributed by atoms with E-state index in [2.05, 4.69) is 19.9 Å². The van der Waals surface area contributed by atoms with Crippen LogP contribution in [0.3, 0.4) is 0 Å². The highest BCUT2D eigenvalue weighted by molar-refractivity contribution is 5.95. The fraction of sp³-hybridized carbons (Fsp3) is 0.167. The average Bonchev–Trinajstić information content (AvgIpc) is 3.22. The van der Waals surface area contributed by atoms with Crippen LogP contribution in [-0.4, -0.2) is 30.3 Å². The van der Waals surface area contributed by atoms with Gasteiger partial charge in [-0.25, -0.2) is 15.0 Å². The smallest absolute Gasteiger partial charge is 0.191 e. The van der Waals surface area contributed by atoms with Crippen molar-refractivity contribution in [2.45, 2.75) is 13.3 Å². The molecular formula is C18H15N5O2. The first-order chi connectivity index (χ1) is 12.1. The molecule has 124 valence electrons. The van der Waals surface area contributed by atoms with Crippen LogP contribution in [0.15, 0.2) is 47.6 Å². The number of nitrogens with zero attached hydrogens (tertiary/aromatic N) is 5. The van der Waals surface area contributed by atoms with E-state index in [1.54, 1.807) is 25.6 Å². The van der Waals surface area contributed by atoms with E-state index in [4.69, 9.17) is 4.42 Å². The quantitative estimate of drug-likeness (QED) is 0.534. The third kappa shape index (κ3) is 2.91. The van der Waals surface area contributed by atoms with Gasteiger partial charge in [-0.1, -0.05) is 0 Å². The van der Waals surface area contributed by atoms with Crippen LogP contribution in [0.5, 0.6) is 0 Å². The van der Waals surface area contributed by atoms with Gasteiger partial charge in [0, 0.05) is 25.6 Å². The van der Waals surface area contributed by atoms with Crippen molar-refractivity contribution < 1.29 is 9.21 Å². The maximum atomic E-state index is 12.3. The summed E-state index contributed by atoms with van der Waals surface area (Å²) in [6.45, 7) is 1.70. The lowest BCUT2D eigenvalue weighted by Crippen LogP contribution is -2.05. The van der Waals surface area contributed by atoms with E-state index in [0.29, 0.717) is 17.3 Å². The molecule has 0 aliphatic heterocycles. The minimum Gasteiger partial charge on any atom is -0.449 e. The highest BCUT2D eigenvalue weighted by Gasteiger charge is 2.13. The summed E-state index contributed by atoms with van der Waals surface area (Å²) in [6, 6.07) is 5.73. The van der Waals surface area contributed by atoms with Gasteiger partial charge in [-0.15, -0.1) is 0 Å². The van der Waals surface area contributed by atoms with E-state index in [0.717, 1.165) is 22.3 Å². The molecule has 0 radical (unpaired) electrons. The summed E-state index contributed by atoms with van der Waals surface area (Å²) in [6.07, 6.45) is 6.76. The third-order valence-electron chi connectivity index (χ3n) is 3.96. The van der Waals surface area contributed by atoms with Gasteiger partial charge in [0.15, 0.2) is 11.7 Å². The first-order valence-corrected chi connectivity index (χ1v) is 7.78. The molecular weight excluding hydrogens is 318 g/mol. The lowest BCUT2D eigenvalue weighted by atomic mass is 10.1. The number of Topliss-reactive ketones (excluding diaryl/α,β-unsaturated/α-hetero) is 1. The summed E-state index contributed by atoms with van der Waals surface area (Å²) in [5, 5.41) is 0.916. The zero-order valence-electron chi connectivity index (χ0n) is 13.8. The minimum absolute atomic E-state index is 0.133. The highest BCUT2D eigenvalue weighted by atomic mass is 16.3. The number of carbonyl (C=O) groups excluding carboxylic acids is 1. The molecule has 0 aliphatic carbocycles. The topological polar surface area (TPSA) is 86.7 Å². The minimum atomic E-state index is -0.133. The Balaban J connectivity index is 1.67. The van der Waals surface area contributed by atoms with Crippen molar-refractivity contribution in [3.8, 4) is 11.4 Å². The van der Waals surface area contributed by atoms with E-state index in [9.17, 15) is 4.79 Å². The van der Waals surface area contributed by atoms with Crippen molar-refractivity contribution in [3.63, 3.8) is 0 Å². The van der Waals surface area contributed by atoms with Gasteiger partial charge in [0.25, 0.3) is 0 Å². The van der Waals surface area contributed by atoms with Crippen molar-refractivity contribution >= 4 is 16.7 Å². The second-order valence-electron chi connectivity index (χ2n) is 5.81. The van der Waals surface area contributed by atoms with Crippen LogP contribution in [0.25, 0.3) is 22.3 Å². The van der Waals surface area contributed by atoms with Gasteiger partial charge in [-0.3, -0.25) is 9.78 Å². The Hall–Kier alpha value is -3.35. The van der Waals surface area contributed by atoms with Crippen LogP contribution in [-0.2, 0) is 13.5 Å². The number of aryl methyl sites for hydroxylation is 2. The standard InChI is InChI=1S/C18H15N5O2/c1-11-21-16(9-25-11)18(24)6-13-5-15-12(7-20-13)3-4-14(22-15)17-8-19-10-23(17)2/h3-5,7-10H,6H2,1-2H3. The number of aromatic nitrogens is 5. The molecule has 0 aromatic carbocycles. The Bertz CT molecular complexity index is 1080. The highest BCUT2D eigenvalue weighted by Crippen LogP contribution is 2.20. The van der Waals surface area contributed by atoms with Gasteiger partial charge in [0.1, 0.15) is 12.0 Å². The maximum Gasteiger partial charge on any atom is 0.191 e. The Kier molecular flexibility index (Phi) is 3.61. The van der Waals surface area contributed by atoms with Crippen molar-refractivity contribution in [1.29, 1.82) is 0 Å². The number of imidazole rings is 1. The van der Waals surface area contributed by atoms with Crippen molar-refractivity contribution in [1.82, 2.24) is 24.5 Å². The number of fused-ring (bicyclic) bond motifs is 1. The van der Waals surface area contributed by atoms with Gasteiger partial charge in [-0.05, 0) is 18.2 Å². The maximum absolute atomic E-state index is 12.3. The summed E-state index contributed by atoms with van der Waals surface area (Å²) >= 11 is 0. The third-order valence-corrected chi connectivity index (χ3v) is 3.96. The van der Waals surface area contributed by atoms with Crippen LogP contribution in [0.4, 0.5) is 0 Å². The molecule has 0 saturated carbocycles. The van der Waals surface area contributed by atoms with Crippen LogP contribution in [0.1, 0.15) is 22.1 Å². The fourth-order valence-corrected chi connectivity index (χ4v) is 2.65. The molecule has 0 N–H and O–H groups in total. The molecule has 0 atom stereocenters. The zero-order chi connectivity index (χ0) is 17.4. The number of ketones is 1. The predicted octanol–water partition coefficient (Wildman–Crippen LogP) is 2.75. The Morgan fingerprint density at radius 3 is 2.84 bits per heavy atom. The second kappa shape index (κ2) is 5.94. The molecule has 0 bridgehead atoms. The molecule has 7 heteroatoms. The molecule has 4 aromatic rings. The van der Waals surface area contributed by atoms with Gasteiger partial charge in [0.05, 0.1) is 41.5 Å². The Morgan fingerprint density at radius 2 is 2.12 bits per heavy atom. The van der Waals surface area contributed by atoms with Crippen LogP contribution >= 0.6 is 0 Å². The van der Waals surface area contributed by atoms with Gasteiger partial charge in [-0.2, -0.15) is 0 Å². The largest absolute Gasteiger partial charge is 0.449 e. The zero-order valence-corrected chi connectivity index (χ0v) is 13.8. The number of hydrogen-bond acceptors (Lipinski definition) is 6. The number of carbonyl (C=O) groups is 1. The van der Waals surface area contributed by atoms with E-state index in [1.807, 2.05) is 29.8 Å². The van der Waals surface area contributed by atoms with Crippen LogP contribution in [0.2, 0.25) is 0 Å². The Labute approximate surface area is 143 Å². The SMILES string of the molecule is Cc1nc(C(=O)Cc2cc3nc(-c4cncn4C)ccc3cn2)co1. The molecule has 0 amide bonds. The second-order valence-corrected chi connectivity index (χ2v) is 5.81. The molecule has 4 aromatic heterocycles. The molecule has 7 nitrogen and oxygen atoms in total. The molecule has 0 aliphatic rings. The predicted molar refractivity (Wildman–Crippen MR) is 91.0 cm³/mol. The van der Waals surface area contributed by atoms with Gasteiger partial charge >= 0.3 is 0 Å². The van der Waals surface area contributed by atoms with Gasteiger partial charge < -0.3 is 8.98 Å². The molecule has 0 saturated heterocycles. The van der Waals surface area contributed by atoms with E-state index >= 15 is 0 Å². The average molecular weight is 333 g/mol. The molecule has 4 heterocycles. The van der Waals surface area contributed by atoms with Crippen LogP contribution < -0.4 is 0 Å². The van der Waals surface area contributed by atoms with Gasteiger partial charge in [0.2, 0.25) is 0 Å². The summed E-state index contributed by atoms with van der Waals surface area (Å²) in [5.41, 5.74) is 3.49. The number of rotatable bonds is 4. The monoisotopic (exact) mass is 333 g/mol. The fourth-order valence-electron chi connectivity index (χ4n) is 2.65. The summed E-state index contributed by atoms with van der Waals surface area (Å²) in [4.78, 5) is 29.5. The van der Waals surface area contributed by atoms with Crippen molar-refractivity contribution in [2.75, 3.05) is 0 Å². The molecule has 4 rings (SSSR count). The first kappa shape index (κ1) is 15.2. The first-order valence-electron chi connectivity index (χ1n) is 7.78. The molecule has 0 fully saturated rings. The van der Waals surface area contributed by atoms with E-state index < -0.39 is 0 Å².